The van der Waals surface area contributed by atoms with Crippen LogP contribution in [0.1, 0.15) is 12.5 Å². The zero-order valence-electron chi connectivity index (χ0n) is 10.2. The quantitative estimate of drug-likeness (QED) is 0.559. The van der Waals surface area contributed by atoms with Crippen LogP contribution in [0.3, 0.4) is 0 Å². The molecule has 0 amide bonds. The Labute approximate surface area is 105 Å². The zero-order valence-corrected chi connectivity index (χ0v) is 10.2. The summed E-state index contributed by atoms with van der Waals surface area (Å²) < 4.78 is 4.92. The molecule has 1 aromatic rings. The molecule has 6 heteroatoms. The van der Waals surface area contributed by atoms with E-state index in [-0.39, 0.29) is 12.4 Å². The first-order chi connectivity index (χ1) is 8.54. The van der Waals surface area contributed by atoms with Crippen molar-refractivity contribution in [2.45, 2.75) is 6.92 Å². The monoisotopic (exact) mass is 256 g/mol. The highest BCUT2D eigenvalue weighted by Gasteiger charge is 1.99. The molecular formula is C12H16O6. The highest BCUT2D eigenvalue weighted by atomic mass is 17.1. The van der Waals surface area contributed by atoms with E-state index in [1.54, 1.807) is 30.4 Å². The number of hydrogen-bond donors (Lipinski definition) is 3. The van der Waals surface area contributed by atoms with Crippen LogP contribution in [0.5, 0.6) is 11.5 Å². The molecule has 6 nitrogen and oxygen atoms in total. The van der Waals surface area contributed by atoms with Gasteiger partial charge in [-0.1, -0.05) is 18.2 Å². The summed E-state index contributed by atoms with van der Waals surface area (Å²) in [6.07, 6.45) is 3.37. The molecular weight excluding hydrogens is 240 g/mol. The molecule has 0 unspecified atom stereocenters. The first-order valence-corrected chi connectivity index (χ1v) is 5.01. The van der Waals surface area contributed by atoms with E-state index in [9.17, 15) is 9.90 Å². The first kappa shape index (κ1) is 16.0. The Morgan fingerprint density at radius 3 is 2.50 bits per heavy atom. The predicted octanol–water partition coefficient (Wildman–Crippen LogP) is 1.43. The molecule has 1 aromatic carbocycles. The average Bonchev–Trinajstić information content (AvgIpc) is 2.38. The molecule has 3 N–H and O–H groups in total. The van der Waals surface area contributed by atoms with Gasteiger partial charge in [-0.3, -0.25) is 0 Å². The molecule has 0 saturated carbocycles. The lowest BCUT2D eigenvalue weighted by molar-refractivity contribution is -0.231. The Morgan fingerprint density at radius 1 is 1.44 bits per heavy atom. The fraction of sp³-hybridized carbons (Fsp3) is 0.250. The Balaban J connectivity index is 0.000000494. The van der Waals surface area contributed by atoms with E-state index in [2.05, 4.69) is 4.89 Å². The highest BCUT2D eigenvalue weighted by Crippen LogP contribution is 2.26. The average molecular weight is 256 g/mol. The van der Waals surface area contributed by atoms with E-state index < -0.39 is 5.97 Å². The lowest BCUT2D eigenvalue weighted by Gasteiger charge is -2.03. The van der Waals surface area contributed by atoms with Gasteiger partial charge in [0, 0.05) is 6.92 Å². The van der Waals surface area contributed by atoms with E-state index >= 15 is 0 Å². The third-order valence-corrected chi connectivity index (χ3v) is 1.75. The third kappa shape index (κ3) is 6.51. The molecule has 0 heterocycles. The summed E-state index contributed by atoms with van der Waals surface area (Å²) in [5, 5.41) is 25.1. The number of ether oxygens (including phenoxy) is 1. The van der Waals surface area contributed by atoms with Crippen LogP contribution in [-0.4, -0.2) is 35.2 Å². The summed E-state index contributed by atoms with van der Waals surface area (Å²) >= 11 is 0. The fourth-order valence-corrected chi connectivity index (χ4v) is 0.987. The smallest absolute Gasteiger partial charge is 0.339 e. The second kappa shape index (κ2) is 9.03. The molecule has 100 valence electrons. The minimum absolute atomic E-state index is 0.00317. The molecule has 0 aliphatic rings. The van der Waals surface area contributed by atoms with Gasteiger partial charge in [-0.25, -0.2) is 4.79 Å². The standard InChI is InChI=1S/C10H12O3.C2H4O3/c1-13-10-7-8(3-2-6-11)4-5-9(10)12;1-2(3)5-4/h2-5,7,11-12H,6H2,1H3;4H,1H3. The summed E-state index contributed by atoms with van der Waals surface area (Å²) in [4.78, 5) is 12.5. The van der Waals surface area contributed by atoms with Crippen LogP contribution in [-0.2, 0) is 9.68 Å². The molecule has 1 rings (SSSR count). The molecule has 0 bridgehead atoms. The van der Waals surface area contributed by atoms with Gasteiger partial charge in [-0.2, -0.15) is 5.26 Å². The number of hydrogen-bond acceptors (Lipinski definition) is 6. The van der Waals surface area contributed by atoms with Crippen molar-refractivity contribution in [3.05, 3.63) is 29.8 Å². The van der Waals surface area contributed by atoms with Crippen molar-refractivity contribution in [2.75, 3.05) is 13.7 Å². The summed E-state index contributed by atoms with van der Waals surface area (Å²) in [6.45, 7) is 1.11. The number of phenolic OH excluding ortho intramolecular Hbond substituents is 1. The number of carbonyl (C=O) groups is 1. The maximum atomic E-state index is 9.34. The molecule has 0 aliphatic heterocycles. The van der Waals surface area contributed by atoms with Gasteiger partial charge in [-0.15, -0.1) is 0 Å². The Bertz CT molecular complexity index is 400. The van der Waals surface area contributed by atoms with Gasteiger partial charge in [0.15, 0.2) is 11.5 Å². The van der Waals surface area contributed by atoms with Crippen molar-refractivity contribution in [2.24, 2.45) is 0 Å². The molecule has 18 heavy (non-hydrogen) atoms. The fourth-order valence-electron chi connectivity index (χ4n) is 0.987. The first-order valence-electron chi connectivity index (χ1n) is 5.01. The van der Waals surface area contributed by atoms with Gasteiger partial charge in [-0.05, 0) is 17.7 Å². The number of phenols is 1. The van der Waals surface area contributed by atoms with Crippen LogP contribution in [0.15, 0.2) is 24.3 Å². The van der Waals surface area contributed by atoms with Crippen LogP contribution in [0, 0.1) is 0 Å². The minimum atomic E-state index is -0.690. The van der Waals surface area contributed by atoms with Crippen molar-refractivity contribution >= 4 is 12.0 Å². The van der Waals surface area contributed by atoms with E-state index in [1.165, 1.54) is 7.11 Å². The lowest BCUT2D eigenvalue weighted by atomic mass is 10.2. The van der Waals surface area contributed by atoms with Crippen molar-refractivity contribution in [1.29, 1.82) is 0 Å². The number of aliphatic hydroxyl groups excluding tert-OH is 1. The number of rotatable bonds is 3. The van der Waals surface area contributed by atoms with Gasteiger partial charge in [0.25, 0.3) is 0 Å². The molecule has 0 aliphatic carbocycles. The number of aliphatic hydroxyl groups is 1. The van der Waals surface area contributed by atoms with Gasteiger partial charge < -0.3 is 19.8 Å². The normalized spacial score (nSPS) is 9.56. The maximum Gasteiger partial charge on any atom is 0.339 e. The molecule has 0 radical (unpaired) electrons. The summed E-state index contributed by atoms with van der Waals surface area (Å²) in [6, 6.07) is 4.99. The summed E-state index contributed by atoms with van der Waals surface area (Å²) in [7, 11) is 1.49. The predicted molar refractivity (Wildman–Crippen MR) is 65.2 cm³/mol. The van der Waals surface area contributed by atoms with E-state index in [0.29, 0.717) is 5.75 Å². The molecule has 0 aromatic heterocycles. The van der Waals surface area contributed by atoms with Crippen LogP contribution >= 0.6 is 0 Å². The third-order valence-electron chi connectivity index (χ3n) is 1.75. The maximum absolute atomic E-state index is 9.34. The zero-order chi connectivity index (χ0) is 14.0. The van der Waals surface area contributed by atoms with Crippen molar-refractivity contribution in [1.82, 2.24) is 0 Å². The van der Waals surface area contributed by atoms with Crippen molar-refractivity contribution in [3.63, 3.8) is 0 Å². The molecule has 0 atom stereocenters. The Morgan fingerprint density at radius 2 is 2.06 bits per heavy atom. The second-order valence-corrected chi connectivity index (χ2v) is 3.10. The van der Waals surface area contributed by atoms with Gasteiger partial charge in [0.05, 0.1) is 13.7 Å². The highest BCUT2D eigenvalue weighted by molar-refractivity contribution is 5.64. The minimum Gasteiger partial charge on any atom is -0.504 e. The summed E-state index contributed by atoms with van der Waals surface area (Å²) in [5.41, 5.74) is 0.878. The number of aromatic hydroxyl groups is 1. The van der Waals surface area contributed by atoms with E-state index in [1.807, 2.05) is 0 Å². The summed E-state index contributed by atoms with van der Waals surface area (Å²) in [5.74, 6) is -0.145. The van der Waals surface area contributed by atoms with E-state index in [4.69, 9.17) is 15.1 Å². The van der Waals surface area contributed by atoms with Crippen LogP contribution in [0.25, 0.3) is 6.08 Å². The van der Waals surface area contributed by atoms with Crippen LogP contribution in [0.2, 0.25) is 0 Å². The topological polar surface area (TPSA) is 96.2 Å². The van der Waals surface area contributed by atoms with Crippen LogP contribution < -0.4 is 4.74 Å². The van der Waals surface area contributed by atoms with Gasteiger partial charge in [0.2, 0.25) is 0 Å². The Hall–Kier alpha value is -2.05. The lowest BCUT2D eigenvalue weighted by Crippen LogP contribution is -1.89. The Kier molecular flexibility index (Phi) is 8.00. The van der Waals surface area contributed by atoms with Crippen molar-refractivity contribution in [3.8, 4) is 11.5 Å². The number of methoxy groups -OCH3 is 1. The number of carbonyl (C=O) groups excluding carboxylic acids is 1. The van der Waals surface area contributed by atoms with Crippen LogP contribution in [0.4, 0.5) is 0 Å². The number of benzene rings is 1. The molecule has 0 saturated heterocycles. The van der Waals surface area contributed by atoms with Gasteiger partial charge >= 0.3 is 5.97 Å². The van der Waals surface area contributed by atoms with E-state index in [0.717, 1.165) is 12.5 Å². The molecule has 0 spiro atoms. The largest absolute Gasteiger partial charge is 0.504 e. The van der Waals surface area contributed by atoms with Gasteiger partial charge in [0.1, 0.15) is 0 Å². The second-order valence-electron chi connectivity index (χ2n) is 3.10. The SMILES string of the molecule is CC(=O)OO.COc1cc(C=CCO)ccc1O. The molecule has 0 fully saturated rings. The van der Waals surface area contributed by atoms with Crippen molar-refractivity contribution < 1.29 is 29.9 Å².